The highest BCUT2D eigenvalue weighted by Gasteiger charge is 2.11. The van der Waals surface area contributed by atoms with Gasteiger partial charge in [0.05, 0.1) is 12.2 Å². The lowest BCUT2D eigenvalue weighted by Gasteiger charge is -2.12. The van der Waals surface area contributed by atoms with E-state index in [1.165, 1.54) is 0 Å². The van der Waals surface area contributed by atoms with E-state index in [4.69, 9.17) is 10.5 Å². The number of nitrogen functional groups attached to an aromatic ring is 1. The van der Waals surface area contributed by atoms with Crippen molar-refractivity contribution in [3.63, 3.8) is 0 Å². The van der Waals surface area contributed by atoms with Crippen LogP contribution in [0.5, 0.6) is 5.75 Å². The Morgan fingerprint density at radius 3 is 2.69 bits per heavy atom. The van der Waals surface area contributed by atoms with Crippen LogP contribution in [0.15, 0.2) is 18.2 Å². The van der Waals surface area contributed by atoms with Crippen molar-refractivity contribution < 1.29 is 9.53 Å². The Hall–Kier alpha value is -1.51. The highest BCUT2D eigenvalue weighted by atomic mass is 16.5. The highest BCUT2D eigenvalue weighted by molar-refractivity contribution is 5.99. The number of hydrogen-bond donors (Lipinski definition) is 1. The molecular formula is C13H19NO2. The van der Waals surface area contributed by atoms with Crippen LogP contribution in [0.4, 0.5) is 5.69 Å². The minimum absolute atomic E-state index is 0.0612. The summed E-state index contributed by atoms with van der Waals surface area (Å²) in [6.07, 6.45) is 0.460. The van der Waals surface area contributed by atoms with Crippen molar-refractivity contribution in [1.29, 1.82) is 0 Å². The Bertz CT molecular complexity index is 372. The lowest BCUT2D eigenvalue weighted by molar-refractivity contribution is 0.0983. The number of ether oxygens (including phenoxy) is 1. The zero-order valence-electron chi connectivity index (χ0n) is 10.1. The average molecular weight is 221 g/mol. The zero-order valence-corrected chi connectivity index (χ0v) is 10.1. The van der Waals surface area contributed by atoms with E-state index in [9.17, 15) is 4.79 Å². The number of carbonyl (C=O) groups excluding carboxylic acids is 1. The molecule has 1 aromatic carbocycles. The summed E-state index contributed by atoms with van der Waals surface area (Å²) in [6.45, 7) is 6.57. The molecule has 0 bridgehead atoms. The van der Waals surface area contributed by atoms with Crippen LogP contribution in [-0.4, -0.2) is 12.4 Å². The van der Waals surface area contributed by atoms with E-state index in [0.29, 0.717) is 35.9 Å². The highest BCUT2D eigenvalue weighted by Crippen LogP contribution is 2.23. The van der Waals surface area contributed by atoms with Crippen LogP contribution in [0.1, 0.15) is 37.6 Å². The third-order valence-electron chi connectivity index (χ3n) is 2.20. The van der Waals surface area contributed by atoms with Crippen LogP contribution in [0.25, 0.3) is 0 Å². The van der Waals surface area contributed by atoms with Gasteiger partial charge in [-0.25, -0.2) is 0 Å². The van der Waals surface area contributed by atoms with E-state index in [1.807, 2.05) is 6.92 Å². The third-order valence-corrected chi connectivity index (χ3v) is 2.20. The first-order chi connectivity index (χ1) is 7.54. The largest absolute Gasteiger partial charge is 0.493 e. The molecule has 0 atom stereocenters. The predicted octanol–water partition coefficient (Wildman–Crippen LogP) is 2.90. The molecule has 1 aromatic rings. The van der Waals surface area contributed by atoms with Crippen LogP contribution < -0.4 is 10.5 Å². The molecule has 3 heteroatoms. The number of Topliss-reactive ketones (excluding diaryl/α,β-unsaturated/α-hetero) is 1. The number of anilines is 1. The van der Waals surface area contributed by atoms with Crippen molar-refractivity contribution in [2.24, 2.45) is 5.92 Å². The molecule has 0 spiro atoms. The van der Waals surface area contributed by atoms with Crippen LogP contribution in [0.2, 0.25) is 0 Å². The van der Waals surface area contributed by atoms with Gasteiger partial charge in [-0.05, 0) is 24.1 Å². The molecular weight excluding hydrogens is 202 g/mol. The van der Waals surface area contributed by atoms with Crippen molar-refractivity contribution in [1.82, 2.24) is 0 Å². The van der Waals surface area contributed by atoms with Gasteiger partial charge in [0.1, 0.15) is 5.75 Å². The maximum atomic E-state index is 11.7. The van der Waals surface area contributed by atoms with Gasteiger partial charge in [-0.2, -0.15) is 0 Å². The van der Waals surface area contributed by atoms with Gasteiger partial charge in [0.15, 0.2) is 5.78 Å². The Kier molecular flexibility index (Phi) is 4.35. The summed E-state index contributed by atoms with van der Waals surface area (Å²) in [4.78, 5) is 11.7. The second-order valence-electron chi connectivity index (χ2n) is 4.24. The fourth-order valence-electron chi connectivity index (χ4n) is 1.34. The van der Waals surface area contributed by atoms with Gasteiger partial charge in [0, 0.05) is 12.1 Å². The summed E-state index contributed by atoms with van der Waals surface area (Å²) in [5.41, 5.74) is 6.85. The minimum atomic E-state index is 0.0612. The fraction of sp³-hybridized carbons (Fsp3) is 0.462. The summed E-state index contributed by atoms with van der Waals surface area (Å²) < 4.78 is 5.60. The third kappa shape index (κ3) is 3.26. The van der Waals surface area contributed by atoms with E-state index in [1.54, 1.807) is 18.2 Å². The van der Waals surface area contributed by atoms with Crippen LogP contribution in [0, 0.1) is 5.92 Å². The monoisotopic (exact) mass is 221 g/mol. The molecule has 0 saturated carbocycles. The van der Waals surface area contributed by atoms with Crippen LogP contribution in [-0.2, 0) is 0 Å². The molecule has 3 nitrogen and oxygen atoms in total. The second-order valence-corrected chi connectivity index (χ2v) is 4.24. The number of carbonyl (C=O) groups is 1. The van der Waals surface area contributed by atoms with E-state index < -0.39 is 0 Å². The molecule has 0 aliphatic rings. The lowest BCUT2D eigenvalue weighted by atomic mass is 10.1. The molecule has 1 rings (SSSR count). The molecule has 16 heavy (non-hydrogen) atoms. The van der Waals surface area contributed by atoms with Crippen LogP contribution in [0.3, 0.4) is 0 Å². The van der Waals surface area contributed by atoms with Gasteiger partial charge in [0.2, 0.25) is 0 Å². The van der Waals surface area contributed by atoms with Crippen molar-refractivity contribution in [2.75, 3.05) is 12.3 Å². The summed E-state index contributed by atoms with van der Waals surface area (Å²) in [7, 11) is 0. The summed E-state index contributed by atoms with van der Waals surface area (Å²) in [6, 6.07) is 5.20. The second kappa shape index (κ2) is 5.54. The number of hydrogen-bond acceptors (Lipinski definition) is 3. The Labute approximate surface area is 96.6 Å². The average Bonchev–Trinajstić information content (AvgIpc) is 2.26. The standard InChI is InChI=1S/C13H19NO2/c1-4-12(15)11-7-10(14)5-6-13(11)16-8-9(2)3/h5-7,9H,4,8,14H2,1-3H3. The Balaban J connectivity index is 2.93. The molecule has 88 valence electrons. The first kappa shape index (κ1) is 12.6. The van der Waals surface area contributed by atoms with Gasteiger partial charge >= 0.3 is 0 Å². The van der Waals surface area contributed by atoms with Crippen molar-refractivity contribution >= 4 is 11.5 Å². The molecule has 0 saturated heterocycles. The SMILES string of the molecule is CCC(=O)c1cc(N)ccc1OCC(C)C. The first-order valence-corrected chi connectivity index (χ1v) is 5.60. The maximum absolute atomic E-state index is 11.7. The molecule has 0 fully saturated rings. The molecule has 0 amide bonds. The summed E-state index contributed by atoms with van der Waals surface area (Å²) >= 11 is 0. The van der Waals surface area contributed by atoms with Crippen LogP contribution >= 0.6 is 0 Å². The number of benzene rings is 1. The molecule has 0 aliphatic heterocycles. The van der Waals surface area contributed by atoms with Crippen molar-refractivity contribution in [3.05, 3.63) is 23.8 Å². The van der Waals surface area contributed by atoms with Crippen molar-refractivity contribution in [3.8, 4) is 5.75 Å². The Morgan fingerprint density at radius 2 is 2.12 bits per heavy atom. The number of ketones is 1. The van der Waals surface area contributed by atoms with Crippen molar-refractivity contribution in [2.45, 2.75) is 27.2 Å². The van der Waals surface area contributed by atoms with E-state index >= 15 is 0 Å². The molecule has 0 aliphatic carbocycles. The van der Waals surface area contributed by atoms with Gasteiger partial charge in [-0.1, -0.05) is 20.8 Å². The van der Waals surface area contributed by atoms with Gasteiger partial charge in [-0.15, -0.1) is 0 Å². The normalized spacial score (nSPS) is 10.5. The Morgan fingerprint density at radius 1 is 1.44 bits per heavy atom. The molecule has 0 unspecified atom stereocenters. The van der Waals surface area contributed by atoms with Gasteiger partial charge < -0.3 is 10.5 Å². The molecule has 0 aromatic heterocycles. The maximum Gasteiger partial charge on any atom is 0.166 e. The quantitative estimate of drug-likeness (QED) is 0.614. The smallest absolute Gasteiger partial charge is 0.166 e. The van der Waals surface area contributed by atoms with E-state index in [-0.39, 0.29) is 5.78 Å². The zero-order chi connectivity index (χ0) is 12.1. The number of nitrogens with two attached hydrogens (primary N) is 1. The van der Waals surface area contributed by atoms with E-state index in [2.05, 4.69) is 13.8 Å². The molecule has 0 heterocycles. The molecule has 2 N–H and O–H groups in total. The lowest BCUT2D eigenvalue weighted by Crippen LogP contribution is -2.09. The summed E-state index contributed by atoms with van der Waals surface area (Å²) in [5.74, 6) is 1.13. The first-order valence-electron chi connectivity index (χ1n) is 5.60. The van der Waals surface area contributed by atoms with E-state index in [0.717, 1.165) is 0 Å². The predicted molar refractivity (Wildman–Crippen MR) is 65.8 cm³/mol. The van der Waals surface area contributed by atoms with Gasteiger partial charge in [-0.3, -0.25) is 4.79 Å². The summed E-state index contributed by atoms with van der Waals surface area (Å²) in [5, 5.41) is 0. The minimum Gasteiger partial charge on any atom is -0.493 e. The van der Waals surface area contributed by atoms with Gasteiger partial charge in [0.25, 0.3) is 0 Å². The topological polar surface area (TPSA) is 52.3 Å². The fourth-order valence-corrected chi connectivity index (χ4v) is 1.34. The number of rotatable bonds is 5. The molecule has 0 radical (unpaired) electrons.